The largest absolute Gasteiger partial charge is 0.357 e. The molecule has 1 N–H and O–H groups in total. The van der Waals surface area contributed by atoms with Crippen molar-refractivity contribution in [3.05, 3.63) is 0 Å². The maximum atomic E-state index is 12.0. The highest BCUT2D eigenvalue weighted by molar-refractivity contribution is 5.90. The molecule has 0 bridgehead atoms. The molecule has 0 aromatic carbocycles. The van der Waals surface area contributed by atoms with Crippen LogP contribution in [0.4, 0.5) is 0 Å². The van der Waals surface area contributed by atoms with Crippen LogP contribution in [0.2, 0.25) is 0 Å². The molecule has 2 amide bonds. The smallest absolute Gasteiger partial charge is 0.242 e. The SMILES string of the molecule is CNC(=O)[C@H]1CCCN1C(=O)C(C)(C)C. The van der Waals surface area contributed by atoms with Gasteiger partial charge in [0, 0.05) is 19.0 Å². The van der Waals surface area contributed by atoms with Gasteiger partial charge in [0.1, 0.15) is 6.04 Å². The molecule has 0 aromatic heterocycles. The Morgan fingerprint density at radius 3 is 2.40 bits per heavy atom. The molecule has 1 saturated heterocycles. The summed E-state index contributed by atoms with van der Waals surface area (Å²) < 4.78 is 0. The lowest BCUT2D eigenvalue weighted by Crippen LogP contribution is -2.48. The Bertz CT molecular complexity index is 268. The number of rotatable bonds is 1. The second-order valence-electron chi connectivity index (χ2n) is 5.02. The van der Waals surface area contributed by atoms with Gasteiger partial charge in [-0.05, 0) is 12.8 Å². The Balaban J connectivity index is 2.77. The third kappa shape index (κ3) is 2.49. The fourth-order valence-corrected chi connectivity index (χ4v) is 1.88. The molecule has 0 spiro atoms. The van der Waals surface area contributed by atoms with Crippen LogP contribution in [-0.4, -0.2) is 36.3 Å². The zero-order valence-corrected chi connectivity index (χ0v) is 9.96. The van der Waals surface area contributed by atoms with E-state index in [9.17, 15) is 9.59 Å². The number of carbonyl (C=O) groups is 2. The number of likely N-dealkylation sites (tertiary alicyclic amines) is 1. The van der Waals surface area contributed by atoms with Crippen LogP contribution < -0.4 is 5.32 Å². The second kappa shape index (κ2) is 4.21. The van der Waals surface area contributed by atoms with Crippen LogP contribution in [0.15, 0.2) is 0 Å². The molecule has 1 aliphatic rings. The molecule has 0 saturated carbocycles. The molecular weight excluding hydrogens is 192 g/mol. The van der Waals surface area contributed by atoms with Crippen molar-refractivity contribution in [1.29, 1.82) is 0 Å². The van der Waals surface area contributed by atoms with Gasteiger partial charge >= 0.3 is 0 Å². The summed E-state index contributed by atoms with van der Waals surface area (Å²) in [5, 5.41) is 2.61. The first-order valence-corrected chi connectivity index (χ1v) is 5.40. The molecule has 0 radical (unpaired) electrons. The van der Waals surface area contributed by atoms with Crippen molar-refractivity contribution in [3.63, 3.8) is 0 Å². The van der Waals surface area contributed by atoms with E-state index in [2.05, 4.69) is 5.32 Å². The summed E-state index contributed by atoms with van der Waals surface area (Å²) in [6.07, 6.45) is 1.70. The van der Waals surface area contributed by atoms with Gasteiger partial charge in [0.05, 0.1) is 0 Å². The van der Waals surface area contributed by atoms with Crippen LogP contribution in [-0.2, 0) is 9.59 Å². The average molecular weight is 212 g/mol. The summed E-state index contributed by atoms with van der Waals surface area (Å²) in [5.41, 5.74) is -0.406. The Kier molecular flexibility index (Phi) is 3.37. The number of carbonyl (C=O) groups excluding carboxylic acids is 2. The summed E-state index contributed by atoms with van der Waals surface area (Å²) in [5.74, 6) is 0.0127. The predicted octanol–water partition coefficient (Wildman–Crippen LogP) is 0.769. The normalized spacial score (nSPS) is 21.6. The molecule has 1 rings (SSSR count). The van der Waals surface area contributed by atoms with E-state index in [1.807, 2.05) is 20.8 Å². The van der Waals surface area contributed by atoms with E-state index in [-0.39, 0.29) is 17.9 Å². The van der Waals surface area contributed by atoms with Crippen molar-refractivity contribution in [2.75, 3.05) is 13.6 Å². The number of nitrogens with one attached hydrogen (secondary N) is 1. The minimum absolute atomic E-state index is 0.0508. The number of amides is 2. The molecule has 0 aromatic rings. The first kappa shape index (κ1) is 12.0. The van der Waals surface area contributed by atoms with Gasteiger partial charge in [-0.3, -0.25) is 9.59 Å². The Labute approximate surface area is 91.0 Å². The van der Waals surface area contributed by atoms with Gasteiger partial charge in [0.2, 0.25) is 11.8 Å². The standard InChI is InChI=1S/C11H20N2O2/c1-11(2,3)10(15)13-7-5-6-8(13)9(14)12-4/h8H,5-7H2,1-4H3,(H,12,14)/t8-/m1/s1. The van der Waals surface area contributed by atoms with Gasteiger partial charge in [-0.1, -0.05) is 20.8 Å². The Morgan fingerprint density at radius 2 is 1.93 bits per heavy atom. The summed E-state index contributed by atoms with van der Waals surface area (Å²) >= 11 is 0. The van der Waals surface area contributed by atoms with E-state index in [1.54, 1.807) is 11.9 Å². The maximum Gasteiger partial charge on any atom is 0.242 e. The molecule has 1 atom stereocenters. The van der Waals surface area contributed by atoms with Crippen LogP contribution in [0.5, 0.6) is 0 Å². The minimum Gasteiger partial charge on any atom is -0.357 e. The topological polar surface area (TPSA) is 49.4 Å². The molecule has 15 heavy (non-hydrogen) atoms. The number of nitrogens with zero attached hydrogens (tertiary/aromatic N) is 1. The molecule has 0 aliphatic carbocycles. The highest BCUT2D eigenvalue weighted by Crippen LogP contribution is 2.25. The van der Waals surface area contributed by atoms with Crippen molar-refractivity contribution < 1.29 is 9.59 Å². The highest BCUT2D eigenvalue weighted by atomic mass is 16.2. The van der Waals surface area contributed by atoms with Crippen LogP contribution >= 0.6 is 0 Å². The molecule has 4 heteroatoms. The number of hydrogen-bond donors (Lipinski definition) is 1. The van der Waals surface area contributed by atoms with Crippen molar-refractivity contribution >= 4 is 11.8 Å². The second-order valence-corrected chi connectivity index (χ2v) is 5.02. The van der Waals surface area contributed by atoms with Gasteiger partial charge in [-0.15, -0.1) is 0 Å². The van der Waals surface area contributed by atoms with Crippen molar-refractivity contribution in [2.24, 2.45) is 5.41 Å². The summed E-state index contributed by atoms with van der Waals surface area (Å²) in [6.45, 7) is 6.35. The zero-order valence-electron chi connectivity index (χ0n) is 9.96. The van der Waals surface area contributed by atoms with Gasteiger partial charge in [0.25, 0.3) is 0 Å². The average Bonchev–Trinajstić information content (AvgIpc) is 2.62. The lowest BCUT2D eigenvalue weighted by molar-refractivity contribution is -0.144. The zero-order chi connectivity index (χ0) is 11.6. The van der Waals surface area contributed by atoms with E-state index in [0.29, 0.717) is 6.54 Å². The molecule has 1 aliphatic heterocycles. The molecule has 4 nitrogen and oxygen atoms in total. The molecule has 1 fully saturated rings. The molecule has 1 heterocycles. The van der Waals surface area contributed by atoms with E-state index in [0.717, 1.165) is 12.8 Å². The van der Waals surface area contributed by atoms with Crippen LogP contribution in [0.3, 0.4) is 0 Å². The Hall–Kier alpha value is -1.06. The fourth-order valence-electron chi connectivity index (χ4n) is 1.88. The lowest BCUT2D eigenvalue weighted by atomic mass is 9.94. The first-order valence-electron chi connectivity index (χ1n) is 5.40. The van der Waals surface area contributed by atoms with Gasteiger partial charge in [0.15, 0.2) is 0 Å². The summed E-state index contributed by atoms with van der Waals surface area (Å²) in [6, 6.07) is -0.262. The maximum absolute atomic E-state index is 12.0. The molecule has 0 unspecified atom stereocenters. The highest BCUT2D eigenvalue weighted by Gasteiger charge is 2.37. The van der Waals surface area contributed by atoms with Crippen LogP contribution in [0.25, 0.3) is 0 Å². The van der Waals surface area contributed by atoms with E-state index in [1.165, 1.54) is 0 Å². The van der Waals surface area contributed by atoms with Gasteiger partial charge in [-0.2, -0.15) is 0 Å². The minimum atomic E-state index is -0.406. The van der Waals surface area contributed by atoms with E-state index >= 15 is 0 Å². The molecular formula is C11H20N2O2. The first-order chi connectivity index (χ1) is 6.88. The van der Waals surface area contributed by atoms with Crippen molar-refractivity contribution in [3.8, 4) is 0 Å². The van der Waals surface area contributed by atoms with Crippen molar-refractivity contribution in [1.82, 2.24) is 10.2 Å². The van der Waals surface area contributed by atoms with E-state index in [4.69, 9.17) is 0 Å². The Morgan fingerprint density at radius 1 is 1.33 bits per heavy atom. The third-order valence-electron chi connectivity index (χ3n) is 2.70. The van der Waals surface area contributed by atoms with Crippen LogP contribution in [0.1, 0.15) is 33.6 Å². The summed E-state index contributed by atoms with van der Waals surface area (Å²) in [4.78, 5) is 25.3. The molecule has 86 valence electrons. The van der Waals surface area contributed by atoms with E-state index < -0.39 is 5.41 Å². The third-order valence-corrected chi connectivity index (χ3v) is 2.70. The monoisotopic (exact) mass is 212 g/mol. The predicted molar refractivity (Wildman–Crippen MR) is 58.3 cm³/mol. The van der Waals surface area contributed by atoms with Gasteiger partial charge in [-0.25, -0.2) is 0 Å². The van der Waals surface area contributed by atoms with Gasteiger partial charge < -0.3 is 10.2 Å². The summed E-state index contributed by atoms with van der Waals surface area (Å²) in [7, 11) is 1.61. The van der Waals surface area contributed by atoms with Crippen LogP contribution in [0, 0.1) is 5.41 Å². The number of hydrogen-bond acceptors (Lipinski definition) is 2. The quantitative estimate of drug-likeness (QED) is 0.698. The number of likely N-dealkylation sites (N-methyl/N-ethyl adjacent to an activating group) is 1. The lowest BCUT2D eigenvalue weighted by Gasteiger charge is -2.29. The fraction of sp³-hybridized carbons (Fsp3) is 0.818. The van der Waals surface area contributed by atoms with Crippen molar-refractivity contribution in [2.45, 2.75) is 39.7 Å².